The van der Waals surface area contributed by atoms with E-state index in [1.807, 2.05) is 0 Å². The molecule has 0 aromatic rings. The lowest BCUT2D eigenvalue weighted by Crippen LogP contribution is -2.49. The quantitative estimate of drug-likeness (QED) is 0.282. The highest BCUT2D eigenvalue weighted by Crippen LogP contribution is 2.00. The zero-order chi connectivity index (χ0) is 14.5. The molecule has 0 aromatic carbocycles. The number of alkyl halides is 1. The molecule has 0 heterocycles. The lowest BCUT2D eigenvalue weighted by molar-refractivity contribution is -0.163. The number of carbonyl (C=O) groups excluding carboxylic acids is 4. The molecular weight excluding hydrogens is 251 g/mol. The fourth-order valence-electron chi connectivity index (χ4n) is 0.839. The third kappa shape index (κ3) is 4.84. The molecular formula is C8H13FN4O5. The van der Waals surface area contributed by atoms with Crippen molar-refractivity contribution in [1.29, 1.82) is 0 Å². The summed E-state index contributed by atoms with van der Waals surface area (Å²) in [6, 6.07) is -3.53. The van der Waals surface area contributed by atoms with Crippen molar-refractivity contribution in [3.8, 4) is 0 Å². The summed E-state index contributed by atoms with van der Waals surface area (Å²) in [6.45, 7) is 0. The summed E-state index contributed by atoms with van der Waals surface area (Å²) in [5.41, 5.74) is 19.4. The van der Waals surface area contributed by atoms with Gasteiger partial charge < -0.3 is 27.7 Å². The summed E-state index contributed by atoms with van der Waals surface area (Å²) >= 11 is 0. The molecule has 0 aliphatic rings. The molecule has 1 unspecified atom stereocenters. The van der Waals surface area contributed by atoms with Crippen molar-refractivity contribution < 1.29 is 28.3 Å². The van der Waals surface area contributed by atoms with E-state index in [-0.39, 0.29) is 0 Å². The number of primary amides is 2. The Kier molecular flexibility index (Phi) is 5.85. The Labute approximate surface area is 101 Å². The lowest BCUT2D eigenvalue weighted by atomic mass is 10.2. The zero-order valence-electron chi connectivity index (χ0n) is 9.17. The predicted molar refractivity (Wildman–Crippen MR) is 55.0 cm³/mol. The van der Waals surface area contributed by atoms with E-state index in [9.17, 15) is 23.6 Å². The maximum atomic E-state index is 12.9. The van der Waals surface area contributed by atoms with Crippen LogP contribution in [0.4, 0.5) is 4.39 Å². The summed E-state index contributed by atoms with van der Waals surface area (Å²) in [4.78, 5) is 43.1. The third-order valence-corrected chi connectivity index (χ3v) is 1.78. The molecule has 0 radical (unpaired) electrons. The summed E-state index contributed by atoms with van der Waals surface area (Å²) in [7, 11) is 0. The van der Waals surface area contributed by atoms with Gasteiger partial charge in [0.15, 0.2) is 0 Å². The zero-order valence-corrected chi connectivity index (χ0v) is 9.17. The van der Waals surface area contributed by atoms with E-state index in [0.29, 0.717) is 0 Å². The maximum absolute atomic E-state index is 12.9. The third-order valence-electron chi connectivity index (χ3n) is 1.78. The average Bonchev–Trinajstić information content (AvgIpc) is 2.25. The number of nitrogens with two attached hydrogens (primary N) is 4. The van der Waals surface area contributed by atoms with Crippen molar-refractivity contribution in [3.63, 3.8) is 0 Å². The molecule has 8 N–H and O–H groups in total. The van der Waals surface area contributed by atoms with Crippen molar-refractivity contribution in [2.24, 2.45) is 22.9 Å². The standard InChI is InChI=1S/C8H13FN4O5/c9-4(6(13)15)5(12)8(17)18-7(16)2(10)1-3(11)14/h2,4-5H,1,10,12H2,(H2,11,14)(H2,13,15)/t2-,4?,5-/m0/s1. The van der Waals surface area contributed by atoms with Crippen LogP contribution in [0.25, 0.3) is 0 Å². The predicted octanol–water partition coefficient (Wildman–Crippen LogP) is -3.59. The molecule has 0 saturated carbocycles. The monoisotopic (exact) mass is 264 g/mol. The molecule has 3 atom stereocenters. The summed E-state index contributed by atoms with van der Waals surface area (Å²) in [5, 5.41) is 0. The Morgan fingerprint density at radius 1 is 1.06 bits per heavy atom. The minimum atomic E-state index is -2.50. The fourth-order valence-corrected chi connectivity index (χ4v) is 0.839. The van der Waals surface area contributed by atoms with E-state index in [0.717, 1.165) is 0 Å². The highest BCUT2D eigenvalue weighted by molar-refractivity contribution is 5.95. The molecule has 0 aliphatic carbocycles. The van der Waals surface area contributed by atoms with Gasteiger partial charge in [-0.1, -0.05) is 0 Å². The van der Waals surface area contributed by atoms with Crippen LogP contribution in [0.2, 0.25) is 0 Å². The van der Waals surface area contributed by atoms with Gasteiger partial charge in [0.1, 0.15) is 12.1 Å². The van der Waals surface area contributed by atoms with Gasteiger partial charge in [-0.05, 0) is 0 Å². The number of esters is 2. The number of ether oxygens (including phenoxy) is 1. The summed E-state index contributed by atoms with van der Waals surface area (Å²) in [5.74, 6) is -5.21. The van der Waals surface area contributed by atoms with Gasteiger partial charge in [-0.2, -0.15) is 0 Å². The van der Waals surface area contributed by atoms with Crippen LogP contribution in [0, 0.1) is 0 Å². The lowest BCUT2D eigenvalue weighted by Gasteiger charge is -2.13. The second-order valence-corrected chi connectivity index (χ2v) is 3.35. The van der Waals surface area contributed by atoms with Gasteiger partial charge in [0.05, 0.1) is 6.42 Å². The summed E-state index contributed by atoms with van der Waals surface area (Å²) in [6.07, 6.45) is -3.06. The number of halogens is 1. The van der Waals surface area contributed by atoms with E-state index in [4.69, 9.17) is 17.2 Å². The van der Waals surface area contributed by atoms with E-state index in [1.165, 1.54) is 0 Å². The largest absolute Gasteiger partial charge is 0.391 e. The van der Waals surface area contributed by atoms with Crippen LogP contribution in [-0.4, -0.2) is 42.0 Å². The van der Waals surface area contributed by atoms with Crippen molar-refractivity contribution >= 4 is 23.8 Å². The van der Waals surface area contributed by atoms with Gasteiger partial charge in [0.2, 0.25) is 12.1 Å². The van der Waals surface area contributed by atoms with E-state index < -0.39 is 48.4 Å². The molecule has 18 heavy (non-hydrogen) atoms. The normalized spacial score (nSPS) is 15.3. The number of carbonyl (C=O) groups is 4. The van der Waals surface area contributed by atoms with Crippen LogP contribution < -0.4 is 22.9 Å². The molecule has 0 rings (SSSR count). The Hall–Kier alpha value is -2.07. The van der Waals surface area contributed by atoms with Crippen LogP contribution in [0.5, 0.6) is 0 Å². The minimum absolute atomic E-state index is 0.559. The van der Waals surface area contributed by atoms with Gasteiger partial charge >= 0.3 is 11.9 Å². The van der Waals surface area contributed by atoms with Gasteiger partial charge in [-0.15, -0.1) is 0 Å². The number of rotatable bonds is 6. The minimum Gasteiger partial charge on any atom is -0.391 e. The summed E-state index contributed by atoms with van der Waals surface area (Å²) < 4.78 is 17.0. The Balaban J connectivity index is 4.43. The van der Waals surface area contributed by atoms with Crippen LogP contribution in [0.15, 0.2) is 0 Å². The fraction of sp³-hybridized carbons (Fsp3) is 0.500. The molecule has 10 heteroatoms. The van der Waals surface area contributed by atoms with Crippen molar-refractivity contribution in [2.45, 2.75) is 24.7 Å². The number of hydrogen-bond acceptors (Lipinski definition) is 7. The molecule has 102 valence electrons. The molecule has 0 spiro atoms. The first-order chi connectivity index (χ1) is 8.16. The van der Waals surface area contributed by atoms with Gasteiger partial charge in [0.25, 0.3) is 5.91 Å². The molecule has 9 nitrogen and oxygen atoms in total. The topological polar surface area (TPSA) is 182 Å². The van der Waals surface area contributed by atoms with E-state index >= 15 is 0 Å². The Morgan fingerprint density at radius 2 is 1.56 bits per heavy atom. The number of hydrogen-bond donors (Lipinski definition) is 4. The van der Waals surface area contributed by atoms with Crippen LogP contribution >= 0.6 is 0 Å². The van der Waals surface area contributed by atoms with Crippen molar-refractivity contribution in [3.05, 3.63) is 0 Å². The van der Waals surface area contributed by atoms with Gasteiger partial charge in [-0.3, -0.25) is 9.59 Å². The first kappa shape index (κ1) is 15.9. The van der Waals surface area contributed by atoms with E-state index in [2.05, 4.69) is 10.5 Å². The molecule has 0 saturated heterocycles. The van der Waals surface area contributed by atoms with Crippen molar-refractivity contribution in [1.82, 2.24) is 0 Å². The maximum Gasteiger partial charge on any atom is 0.334 e. The second-order valence-electron chi connectivity index (χ2n) is 3.35. The first-order valence-corrected chi connectivity index (χ1v) is 4.65. The molecule has 0 aliphatic heterocycles. The first-order valence-electron chi connectivity index (χ1n) is 4.65. The van der Waals surface area contributed by atoms with Crippen LogP contribution in [0.3, 0.4) is 0 Å². The smallest absolute Gasteiger partial charge is 0.334 e. The number of amides is 2. The van der Waals surface area contributed by atoms with Crippen molar-refractivity contribution in [2.75, 3.05) is 0 Å². The van der Waals surface area contributed by atoms with Gasteiger partial charge in [0, 0.05) is 0 Å². The Morgan fingerprint density at radius 3 is 1.94 bits per heavy atom. The van der Waals surface area contributed by atoms with E-state index in [1.54, 1.807) is 0 Å². The average molecular weight is 264 g/mol. The van der Waals surface area contributed by atoms with Gasteiger partial charge in [-0.25, -0.2) is 14.0 Å². The molecule has 0 bridgehead atoms. The SMILES string of the molecule is NC(=O)C[C@H](N)C(=O)OC(=O)[C@@H](N)C(F)C(N)=O. The van der Waals surface area contributed by atoms with Crippen LogP contribution in [0.1, 0.15) is 6.42 Å². The van der Waals surface area contributed by atoms with Crippen LogP contribution in [-0.2, 0) is 23.9 Å². The highest BCUT2D eigenvalue weighted by atomic mass is 19.1. The second kappa shape index (κ2) is 6.61. The molecule has 2 amide bonds. The highest BCUT2D eigenvalue weighted by Gasteiger charge is 2.33. The molecule has 0 aromatic heterocycles. The Bertz CT molecular complexity index is 374. The molecule has 0 fully saturated rings.